The molecule has 2 heterocycles. The van der Waals surface area contributed by atoms with Crippen molar-refractivity contribution in [1.82, 2.24) is 18.7 Å². The first-order chi connectivity index (χ1) is 11.9. The van der Waals surface area contributed by atoms with Gasteiger partial charge in [-0.2, -0.15) is 0 Å². The minimum Gasteiger partial charge on any atom is -0.309 e. The highest BCUT2D eigenvalue weighted by Crippen LogP contribution is 2.25. The molecule has 7 heteroatoms. The van der Waals surface area contributed by atoms with Gasteiger partial charge in [-0.25, -0.2) is 9.78 Å². The molecule has 0 saturated heterocycles. The van der Waals surface area contributed by atoms with Crippen LogP contribution in [0.5, 0.6) is 0 Å². The molecule has 0 aliphatic heterocycles. The number of hydrogen-bond donors (Lipinski definition) is 0. The molecule has 0 unspecified atom stereocenters. The third-order valence-electron chi connectivity index (χ3n) is 4.11. The molecule has 6 nitrogen and oxygen atoms in total. The maximum Gasteiger partial charge on any atom is 0.332 e. The van der Waals surface area contributed by atoms with Gasteiger partial charge in [-0.1, -0.05) is 47.7 Å². The Bertz CT molecular complexity index is 1060. The molecule has 25 heavy (non-hydrogen) atoms. The standard InChI is InChI=1S/C18H20N4O2S/c1-5-10-22-14-15(20(3)18(24)21(4)16(14)23)19-17(22)25-11-13-8-6-12(2)7-9-13/h5-9H,1,10-11H2,2-4H3. The SMILES string of the molecule is C=CCn1c(SCc2ccc(C)cc2)nc2c1c(=O)n(C)c(=O)n2C. The molecule has 0 spiro atoms. The lowest BCUT2D eigenvalue weighted by atomic mass is 10.2. The van der Waals surface area contributed by atoms with Crippen LogP contribution in [-0.4, -0.2) is 18.7 Å². The Kier molecular flexibility index (Phi) is 4.67. The molecule has 0 atom stereocenters. The van der Waals surface area contributed by atoms with Crippen molar-refractivity contribution in [3.8, 4) is 0 Å². The van der Waals surface area contributed by atoms with Crippen LogP contribution in [0.2, 0.25) is 0 Å². The first kappa shape index (κ1) is 17.3. The van der Waals surface area contributed by atoms with Gasteiger partial charge in [-0.3, -0.25) is 13.9 Å². The molecule has 0 amide bonds. The van der Waals surface area contributed by atoms with Crippen LogP contribution < -0.4 is 11.2 Å². The Morgan fingerprint density at radius 3 is 2.48 bits per heavy atom. The first-order valence-corrected chi connectivity index (χ1v) is 8.88. The van der Waals surface area contributed by atoms with Gasteiger partial charge in [0.2, 0.25) is 0 Å². The van der Waals surface area contributed by atoms with Crippen molar-refractivity contribution in [1.29, 1.82) is 0 Å². The molecule has 130 valence electrons. The lowest BCUT2D eigenvalue weighted by Gasteiger charge is -2.07. The van der Waals surface area contributed by atoms with E-state index in [9.17, 15) is 9.59 Å². The largest absolute Gasteiger partial charge is 0.332 e. The van der Waals surface area contributed by atoms with Crippen LogP contribution >= 0.6 is 11.8 Å². The predicted octanol–water partition coefficient (Wildman–Crippen LogP) is 2.22. The number of aromatic nitrogens is 4. The van der Waals surface area contributed by atoms with Crippen molar-refractivity contribution in [3.05, 3.63) is 68.9 Å². The summed E-state index contributed by atoms with van der Waals surface area (Å²) in [6, 6.07) is 8.30. The number of allylic oxidation sites excluding steroid dienone is 1. The highest BCUT2D eigenvalue weighted by Gasteiger charge is 2.18. The van der Waals surface area contributed by atoms with Gasteiger partial charge in [-0.15, -0.1) is 6.58 Å². The van der Waals surface area contributed by atoms with Crippen molar-refractivity contribution in [2.45, 2.75) is 24.4 Å². The van der Waals surface area contributed by atoms with Crippen molar-refractivity contribution in [2.75, 3.05) is 0 Å². The van der Waals surface area contributed by atoms with Crippen LogP contribution in [0.15, 0.2) is 51.7 Å². The fraction of sp³-hybridized carbons (Fsp3) is 0.278. The highest BCUT2D eigenvalue weighted by atomic mass is 32.2. The molecule has 0 bridgehead atoms. The summed E-state index contributed by atoms with van der Waals surface area (Å²) in [6.07, 6.45) is 1.72. The fourth-order valence-corrected chi connectivity index (χ4v) is 3.63. The Morgan fingerprint density at radius 1 is 1.16 bits per heavy atom. The second-order valence-corrected chi connectivity index (χ2v) is 6.89. The van der Waals surface area contributed by atoms with Crippen molar-refractivity contribution in [3.63, 3.8) is 0 Å². The smallest absolute Gasteiger partial charge is 0.309 e. The topological polar surface area (TPSA) is 61.8 Å². The van der Waals surface area contributed by atoms with E-state index in [1.807, 2.05) is 4.57 Å². The van der Waals surface area contributed by atoms with Gasteiger partial charge >= 0.3 is 5.69 Å². The van der Waals surface area contributed by atoms with Crippen LogP contribution in [0, 0.1) is 6.92 Å². The second kappa shape index (κ2) is 6.76. The molecule has 3 rings (SSSR count). The Hall–Kier alpha value is -2.54. The summed E-state index contributed by atoms with van der Waals surface area (Å²) in [7, 11) is 3.11. The van der Waals surface area contributed by atoms with E-state index in [1.165, 1.54) is 22.7 Å². The zero-order valence-corrected chi connectivity index (χ0v) is 15.3. The van der Waals surface area contributed by atoms with Crippen LogP contribution in [0.1, 0.15) is 11.1 Å². The lowest BCUT2D eigenvalue weighted by molar-refractivity contribution is 0.700. The van der Waals surface area contributed by atoms with E-state index in [2.05, 4.69) is 42.8 Å². The molecule has 2 aromatic heterocycles. The molecule has 0 N–H and O–H groups in total. The first-order valence-electron chi connectivity index (χ1n) is 7.89. The molecule has 3 aromatic rings. The molecule has 0 aliphatic carbocycles. The zero-order chi connectivity index (χ0) is 18.1. The average Bonchev–Trinajstić information content (AvgIpc) is 2.97. The monoisotopic (exact) mass is 356 g/mol. The summed E-state index contributed by atoms with van der Waals surface area (Å²) in [5, 5.41) is 0.703. The average molecular weight is 356 g/mol. The molecule has 0 aliphatic rings. The summed E-state index contributed by atoms with van der Waals surface area (Å²) in [5.74, 6) is 0.731. The van der Waals surface area contributed by atoms with Gasteiger partial charge in [0, 0.05) is 26.4 Å². The third kappa shape index (κ3) is 3.07. The number of hydrogen-bond acceptors (Lipinski definition) is 4. The third-order valence-corrected chi connectivity index (χ3v) is 5.16. The summed E-state index contributed by atoms with van der Waals surface area (Å²) in [4.78, 5) is 29.3. The summed E-state index contributed by atoms with van der Waals surface area (Å²) in [6.45, 7) is 6.28. The summed E-state index contributed by atoms with van der Waals surface area (Å²) in [5.41, 5.74) is 2.50. The number of rotatable bonds is 5. The Balaban J connectivity index is 2.09. The Morgan fingerprint density at radius 2 is 1.84 bits per heavy atom. The minimum atomic E-state index is -0.379. The highest BCUT2D eigenvalue weighted by molar-refractivity contribution is 7.98. The Labute approximate surface area is 149 Å². The summed E-state index contributed by atoms with van der Waals surface area (Å²) >= 11 is 1.54. The van der Waals surface area contributed by atoms with E-state index in [0.29, 0.717) is 22.9 Å². The maximum absolute atomic E-state index is 12.6. The lowest BCUT2D eigenvalue weighted by Crippen LogP contribution is -2.37. The molecule has 0 fully saturated rings. The van der Waals surface area contributed by atoms with E-state index >= 15 is 0 Å². The van der Waals surface area contributed by atoms with E-state index in [-0.39, 0.29) is 11.2 Å². The minimum absolute atomic E-state index is 0.338. The van der Waals surface area contributed by atoms with Gasteiger partial charge in [0.15, 0.2) is 16.3 Å². The van der Waals surface area contributed by atoms with Gasteiger partial charge < -0.3 is 4.57 Å². The summed E-state index contributed by atoms with van der Waals surface area (Å²) < 4.78 is 4.34. The normalized spacial score (nSPS) is 11.2. The zero-order valence-electron chi connectivity index (χ0n) is 14.5. The quantitative estimate of drug-likeness (QED) is 0.519. The van der Waals surface area contributed by atoms with E-state index in [4.69, 9.17) is 0 Å². The number of fused-ring (bicyclic) bond motifs is 1. The maximum atomic E-state index is 12.6. The van der Waals surface area contributed by atoms with Crippen LogP contribution in [0.4, 0.5) is 0 Å². The molecular weight excluding hydrogens is 336 g/mol. The van der Waals surface area contributed by atoms with E-state index in [1.54, 1.807) is 24.9 Å². The van der Waals surface area contributed by atoms with Gasteiger partial charge in [0.1, 0.15) is 0 Å². The molecular formula is C18H20N4O2S. The van der Waals surface area contributed by atoms with Crippen LogP contribution in [-0.2, 0) is 26.4 Å². The second-order valence-electron chi connectivity index (χ2n) is 5.95. The predicted molar refractivity (Wildman–Crippen MR) is 101 cm³/mol. The van der Waals surface area contributed by atoms with Gasteiger partial charge in [0.05, 0.1) is 0 Å². The van der Waals surface area contributed by atoms with E-state index in [0.717, 1.165) is 10.3 Å². The molecule has 1 aromatic carbocycles. The van der Waals surface area contributed by atoms with Crippen molar-refractivity contribution >= 4 is 22.9 Å². The number of benzene rings is 1. The number of nitrogens with zero attached hydrogens (tertiary/aromatic N) is 4. The fourth-order valence-electron chi connectivity index (χ4n) is 2.67. The van der Waals surface area contributed by atoms with Gasteiger partial charge in [-0.05, 0) is 12.5 Å². The van der Waals surface area contributed by atoms with Crippen molar-refractivity contribution in [2.24, 2.45) is 14.1 Å². The number of thioether (sulfide) groups is 1. The van der Waals surface area contributed by atoms with Crippen molar-refractivity contribution < 1.29 is 0 Å². The number of imidazole rings is 1. The van der Waals surface area contributed by atoms with Crippen LogP contribution in [0.3, 0.4) is 0 Å². The molecule has 0 saturated carbocycles. The van der Waals surface area contributed by atoms with Crippen LogP contribution in [0.25, 0.3) is 11.2 Å². The molecule has 0 radical (unpaired) electrons. The van der Waals surface area contributed by atoms with Gasteiger partial charge in [0.25, 0.3) is 5.56 Å². The van der Waals surface area contributed by atoms with E-state index < -0.39 is 0 Å². The number of aryl methyl sites for hydroxylation is 2.